The van der Waals surface area contributed by atoms with Crippen LogP contribution in [0.1, 0.15) is 57.8 Å². The Morgan fingerprint density at radius 3 is 2.27 bits per heavy atom. The zero-order valence-electron chi connectivity index (χ0n) is 14.2. The van der Waals surface area contributed by atoms with Gasteiger partial charge in [0.05, 0.1) is 6.54 Å². The summed E-state index contributed by atoms with van der Waals surface area (Å²) in [6.45, 7) is 4.03. The molecule has 4 nitrogen and oxygen atoms in total. The van der Waals surface area contributed by atoms with E-state index in [1.54, 1.807) is 0 Å². The van der Waals surface area contributed by atoms with Gasteiger partial charge in [-0.05, 0) is 77.5 Å². The van der Waals surface area contributed by atoms with Gasteiger partial charge in [0.1, 0.15) is 0 Å². The number of likely N-dealkylation sites (tertiary alicyclic amines) is 1. The first-order valence-electron chi connectivity index (χ1n) is 9.46. The number of piperidine rings is 1. The summed E-state index contributed by atoms with van der Waals surface area (Å²) in [5.41, 5.74) is 0. The molecule has 0 spiro atoms. The monoisotopic (exact) mass is 307 g/mol. The van der Waals surface area contributed by atoms with Crippen molar-refractivity contribution in [2.75, 3.05) is 33.2 Å². The van der Waals surface area contributed by atoms with Gasteiger partial charge in [0, 0.05) is 12.1 Å². The number of rotatable bonds is 7. The van der Waals surface area contributed by atoms with Crippen LogP contribution in [-0.4, -0.2) is 61.0 Å². The van der Waals surface area contributed by atoms with Crippen molar-refractivity contribution in [1.82, 2.24) is 15.1 Å². The first-order chi connectivity index (χ1) is 10.8. The average Bonchev–Trinajstić information content (AvgIpc) is 3.21. The summed E-state index contributed by atoms with van der Waals surface area (Å²) in [5.74, 6) is 1.27. The Morgan fingerprint density at radius 1 is 1.05 bits per heavy atom. The van der Waals surface area contributed by atoms with E-state index in [1.807, 2.05) is 7.05 Å². The fourth-order valence-corrected chi connectivity index (χ4v) is 4.30. The third-order valence-corrected chi connectivity index (χ3v) is 5.81. The van der Waals surface area contributed by atoms with Gasteiger partial charge in [-0.25, -0.2) is 0 Å². The number of carbonyl (C=O) groups excluding carboxylic acids is 1. The molecule has 0 aromatic heterocycles. The highest BCUT2D eigenvalue weighted by Gasteiger charge is 2.38. The lowest BCUT2D eigenvalue weighted by atomic mass is 9.93. The third-order valence-electron chi connectivity index (χ3n) is 5.81. The van der Waals surface area contributed by atoms with Crippen LogP contribution in [0.4, 0.5) is 0 Å². The maximum atomic E-state index is 12.8. The molecule has 2 saturated carbocycles. The normalized spacial score (nSPS) is 24.8. The fourth-order valence-electron chi connectivity index (χ4n) is 4.30. The second-order valence-corrected chi connectivity index (χ2v) is 7.58. The molecule has 1 aliphatic heterocycles. The molecule has 3 rings (SSSR count). The van der Waals surface area contributed by atoms with Gasteiger partial charge in [-0.2, -0.15) is 0 Å². The lowest BCUT2D eigenvalue weighted by Gasteiger charge is -2.35. The predicted octanol–water partition coefficient (Wildman–Crippen LogP) is 2.24. The molecule has 2 aliphatic carbocycles. The Morgan fingerprint density at radius 2 is 1.68 bits per heavy atom. The van der Waals surface area contributed by atoms with Crippen LogP contribution in [0, 0.1) is 5.92 Å². The summed E-state index contributed by atoms with van der Waals surface area (Å²) >= 11 is 0. The number of hydrogen-bond acceptors (Lipinski definition) is 3. The highest BCUT2D eigenvalue weighted by atomic mass is 16.2. The topological polar surface area (TPSA) is 35.6 Å². The molecule has 0 aromatic rings. The lowest BCUT2D eigenvalue weighted by molar-refractivity contribution is -0.135. The molecule has 1 saturated heterocycles. The third kappa shape index (κ3) is 4.23. The summed E-state index contributed by atoms with van der Waals surface area (Å²) in [7, 11) is 2.03. The van der Waals surface area contributed by atoms with Gasteiger partial charge in [-0.1, -0.05) is 12.8 Å². The Kier molecular flexibility index (Phi) is 5.75. The molecule has 0 atom stereocenters. The summed E-state index contributed by atoms with van der Waals surface area (Å²) in [4.78, 5) is 17.5. The maximum absolute atomic E-state index is 12.8. The average molecular weight is 307 g/mol. The van der Waals surface area contributed by atoms with E-state index in [0.29, 0.717) is 24.5 Å². The number of amides is 1. The van der Waals surface area contributed by atoms with Crippen molar-refractivity contribution in [3.63, 3.8) is 0 Å². The van der Waals surface area contributed by atoms with Crippen molar-refractivity contribution in [3.05, 3.63) is 0 Å². The van der Waals surface area contributed by atoms with Crippen LogP contribution in [0.15, 0.2) is 0 Å². The largest absolute Gasteiger partial charge is 0.336 e. The Bertz CT molecular complexity index is 355. The second kappa shape index (κ2) is 7.78. The molecular formula is C18H33N3O. The number of carbonyl (C=O) groups is 1. The van der Waals surface area contributed by atoms with Crippen LogP contribution in [0.3, 0.4) is 0 Å². The fraction of sp³-hybridized carbons (Fsp3) is 0.944. The van der Waals surface area contributed by atoms with Gasteiger partial charge in [0.25, 0.3) is 0 Å². The SMILES string of the molecule is CNCCC1CCN(CC(=O)N(C2CCCC2)C2CC2)CC1. The summed E-state index contributed by atoms with van der Waals surface area (Å²) in [6.07, 6.45) is 11.4. The minimum Gasteiger partial charge on any atom is -0.336 e. The van der Waals surface area contributed by atoms with Crippen molar-refractivity contribution in [2.45, 2.75) is 69.9 Å². The van der Waals surface area contributed by atoms with E-state index in [0.717, 1.165) is 25.6 Å². The van der Waals surface area contributed by atoms with Gasteiger partial charge in [0.2, 0.25) is 5.91 Å². The Balaban J connectivity index is 1.45. The van der Waals surface area contributed by atoms with Crippen molar-refractivity contribution >= 4 is 5.91 Å². The first kappa shape index (κ1) is 16.3. The van der Waals surface area contributed by atoms with Crippen molar-refractivity contribution in [1.29, 1.82) is 0 Å². The van der Waals surface area contributed by atoms with Crippen LogP contribution in [0.5, 0.6) is 0 Å². The smallest absolute Gasteiger partial charge is 0.237 e. The molecule has 126 valence electrons. The molecule has 1 N–H and O–H groups in total. The standard InChI is InChI=1S/C18H33N3O/c1-19-11-8-15-9-12-20(13-10-15)14-18(22)21(17-6-7-17)16-4-2-3-5-16/h15-17,19H,2-14H2,1H3. The van der Waals surface area contributed by atoms with Gasteiger partial charge < -0.3 is 10.2 Å². The molecule has 0 radical (unpaired) electrons. The van der Waals surface area contributed by atoms with Crippen molar-refractivity contribution < 1.29 is 4.79 Å². The zero-order valence-corrected chi connectivity index (χ0v) is 14.2. The first-order valence-corrected chi connectivity index (χ1v) is 9.46. The van der Waals surface area contributed by atoms with Crippen LogP contribution in [0.25, 0.3) is 0 Å². The highest BCUT2D eigenvalue weighted by Crippen LogP contribution is 2.34. The second-order valence-electron chi connectivity index (χ2n) is 7.58. The van der Waals surface area contributed by atoms with E-state index in [9.17, 15) is 4.79 Å². The molecule has 3 aliphatic rings. The molecule has 3 fully saturated rings. The van der Waals surface area contributed by atoms with Crippen LogP contribution >= 0.6 is 0 Å². The van der Waals surface area contributed by atoms with Crippen molar-refractivity contribution in [3.8, 4) is 0 Å². The molecular weight excluding hydrogens is 274 g/mol. The molecule has 1 heterocycles. The van der Waals surface area contributed by atoms with E-state index in [-0.39, 0.29) is 0 Å². The van der Waals surface area contributed by atoms with Gasteiger partial charge in [-0.3, -0.25) is 9.69 Å². The molecule has 1 amide bonds. The highest BCUT2D eigenvalue weighted by molar-refractivity contribution is 5.79. The van der Waals surface area contributed by atoms with Crippen LogP contribution < -0.4 is 5.32 Å². The Labute approximate surface area is 135 Å². The molecule has 0 aromatic carbocycles. The molecule has 0 unspecified atom stereocenters. The summed E-state index contributed by atoms with van der Waals surface area (Å²) < 4.78 is 0. The zero-order chi connectivity index (χ0) is 15.4. The minimum atomic E-state index is 0.420. The van der Waals surface area contributed by atoms with E-state index >= 15 is 0 Å². The minimum absolute atomic E-state index is 0.420. The molecule has 22 heavy (non-hydrogen) atoms. The van der Waals surface area contributed by atoms with Gasteiger partial charge >= 0.3 is 0 Å². The number of nitrogens with one attached hydrogen (secondary N) is 1. The predicted molar refractivity (Wildman–Crippen MR) is 89.8 cm³/mol. The van der Waals surface area contributed by atoms with Crippen molar-refractivity contribution in [2.24, 2.45) is 5.92 Å². The summed E-state index contributed by atoms with van der Waals surface area (Å²) in [5, 5.41) is 3.25. The van der Waals surface area contributed by atoms with E-state index < -0.39 is 0 Å². The lowest BCUT2D eigenvalue weighted by Crippen LogP contribution is -2.47. The quantitative estimate of drug-likeness (QED) is 0.783. The van der Waals surface area contributed by atoms with E-state index in [2.05, 4.69) is 15.1 Å². The number of hydrogen-bond donors (Lipinski definition) is 1. The Hall–Kier alpha value is -0.610. The molecule has 0 bridgehead atoms. The van der Waals surface area contributed by atoms with Crippen LogP contribution in [0.2, 0.25) is 0 Å². The molecule has 4 heteroatoms. The van der Waals surface area contributed by atoms with Gasteiger partial charge in [-0.15, -0.1) is 0 Å². The number of nitrogens with zero attached hydrogens (tertiary/aromatic N) is 2. The van der Waals surface area contributed by atoms with E-state index in [4.69, 9.17) is 0 Å². The van der Waals surface area contributed by atoms with Crippen LogP contribution in [-0.2, 0) is 4.79 Å². The maximum Gasteiger partial charge on any atom is 0.237 e. The van der Waals surface area contributed by atoms with E-state index in [1.165, 1.54) is 57.8 Å². The van der Waals surface area contributed by atoms with Gasteiger partial charge in [0.15, 0.2) is 0 Å². The summed E-state index contributed by atoms with van der Waals surface area (Å²) in [6, 6.07) is 1.15.